The third-order valence-electron chi connectivity index (χ3n) is 5.25. The normalized spacial score (nSPS) is 20.7. The number of hydrogen-bond donors (Lipinski definition) is 2. The van der Waals surface area contributed by atoms with Gasteiger partial charge in [-0.25, -0.2) is 0 Å². The molecule has 0 unspecified atom stereocenters. The number of ether oxygens (including phenoxy) is 1. The Labute approximate surface area is 163 Å². The smallest absolute Gasteiger partial charge is 0.312 e. The maximum Gasteiger partial charge on any atom is 0.312 e. The van der Waals surface area contributed by atoms with Gasteiger partial charge in [0.05, 0.1) is 5.92 Å². The predicted molar refractivity (Wildman–Crippen MR) is 99.7 cm³/mol. The second kappa shape index (κ2) is 8.86. The highest BCUT2D eigenvalue weighted by Gasteiger charge is 2.40. The molecule has 0 spiro atoms. The first kappa shape index (κ1) is 19.9. The van der Waals surface area contributed by atoms with Gasteiger partial charge in [0.2, 0.25) is 5.91 Å². The largest absolute Gasteiger partial charge is 0.452 e. The minimum absolute atomic E-state index is 0.0268. The molecule has 1 aliphatic heterocycles. The molecule has 1 aromatic rings. The number of rotatable bonds is 5. The van der Waals surface area contributed by atoms with Crippen LogP contribution in [0.4, 0.5) is 0 Å². The molecule has 28 heavy (non-hydrogen) atoms. The van der Waals surface area contributed by atoms with Crippen molar-refractivity contribution in [2.75, 3.05) is 6.54 Å². The number of nitrogens with one attached hydrogen (secondary N) is 2. The third kappa shape index (κ3) is 4.68. The lowest BCUT2D eigenvalue weighted by Crippen LogP contribution is -2.47. The van der Waals surface area contributed by atoms with Gasteiger partial charge in [0.25, 0.3) is 11.8 Å². The van der Waals surface area contributed by atoms with Crippen molar-refractivity contribution < 1.29 is 23.9 Å². The first-order valence-electron chi connectivity index (χ1n) is 9.61. The van der Waals surface area contributed by atoms with Crippen LogP contribution in [-0.2, 0) is 19.1 Å². The highest BCUT2D eigenvalue weighted by Crippen LogP contribution is 2.30. The summed E-state index contributed by atoms with van der Waals surface area (Å²) in [5.74, 6) is -2.26. The molecular formula is C20H25N3O5. The van der Waals surface area contributed by atoms with Crippen LogP contribution in [0.15, 0.2) is 30.3 Å². The molecule has 2 atom stereocenters. The lowest BCUT2D eigenvalue weighted by atomic mass is 10.1. The Bertz CT molecular complexity index is 745. The molecular weight excluding hydrogens is 362 g/mol. The Hall–Kier alpha value is -2.90. The number of likely N-dealkylation sites (tertiary alicyclic amines) is 1. The van der Waals surface area contributed by atoms with Crippen LogP contribution in [0.1, 0.15) is 49.4 Å². The second-order valence-corrected chi connectivity index (χ2v) is 7.27. The summed E-state index contributed by atoms with van der Waals surface area (Å²) in [7, 11) is 0. The number of benzene rings is 1. The molecule has 3 rings (SSSR count). The van der Waals surface area contributed by atoms with Crippen molar-refractivity contribution in [2.45, 2.75) is 51.2 Å². The van der Waals surface area contributed by atoms with E-state index in [1.165, 1.54) is 6.92 Å². The summed E-state index contributed by atoms with van der Waals surface area (Å²) in [5.41, 5.74) is 4.92. The molecule has 0 bridgehead atoms. The fraction of sp³-hybridized carbons (Fsp3) is 0.500. The van der Waals surface area contributed by atoms with Crippen LogP contribution in [0.2, 0.25) is 0 Å². The first-order chi connectivity index (χ1) is 13.5. The number of esters is 1. The van der Waals surface area contributed by atoms with Crippen LogP contribution >= 0.6 is 0 Å². The van der Waals surface area contributed by atoms with Crippen LogP contribution in [0, 0.1) is 5.92 Å². The number of carbonyl (C=O) groups is 4. The molecule has 1 aromatic carbocycles. The second-order valence-electron chi connectivity index (χ2n) is 7.27. The summed E-state index contributed by atoms with van der Waals surface area (Å²) < 4.78 is 5.21. The first-order valence-corrected chi connectivity index (χ1v) is 9.61. The van der Waals surface area contributed by atoms with E-state index in [4.69, 9.17) is 4.74 Å². The fourth-order valence-corrected chi connectivity index (χ4v) is 3.66. The van der Waals surface area contributed by atoms with E-state index in [1.807, 2.05) is 0 Å². The van der Waals surface area contributed by atoms with E-state index < -0.39 is 29.8 Å². The van der Waals surface area contributed by atoms with Crippen molar-refractivity contribution >= 4 is 23.7 Å². The number of carbonyl (C=O) groups excluding carboxylic acids is 4. The Morgan fingerprint density at radius 2 is 1.79 bits per heavy atom. The Kier molecular flexibility index (Phi) is 6.28. The van der Waals surface area contributed by atoms with Gasteiger partial charge in [-0.3, -0.25) is 30.0 Å². The zero-order valence-corrected chi connectivity index (χ0v) is 15.8. The summed E-state index contributed by atoms with van der Waals surface area (Å²) >= 11 is 0. The summed E-state index contributed by atoms with van der Waals surface area (Å²) in [5, 5.41) is 0. The van der Waals surface area contributed by atoms with Crippen LogP contribution in [0.5, 0.6) is 0 Å². The monoisotopic (exact) mass is 387 g/mol. The molecule has 2 aliphatic rings. The Balaban J connectivity index is 1.45. The van der Waals surface area contributed by atoms with E-state index in [0.717, 1.165) is 25.7 Å². The van der Waals surface area contributed by atoms with E-state index in [1.54, 1.807) is 35.2 Å². The molecule has 3 amide bonds. The molecule has 1 saturated heterocycles. The van der Waals surface area contributed by atoms with Crippen molar-refractivity contribution in [1.29, 1.82) is 0 Å². The van der Waals surface area contributed by atoms with Crippen molar-refractivity contribution in [2.24, 2.45) is 5.92 Å². The predicted octanol–water partition coefficient (Wildman–Crippen LogP) is 1.17. The van der Waals surface area contributed by atoms with E-state index in [9.17, 15) is 19.2 Å². The molecule has 2 fully saturated rings. The Morgan fingerprint density at radius 1 is 1.11 bits per heavy atom. The van der Waals surface area contributed by atoms with Crippen molar-refractivity contribution in [1.82, 2.24) is 15.8 Å². The topological polar surface area (TPSA) is 105 Å². The minimum Gasteiger partial charge on any atom is -0.452 e. The van der Waals surface area contributed by atoms with E-state index in [-0.39, 0.29) is 18.4 Å². The van der Waals surface area contributed by atoms with E-state index >= 15 is 0 Å². The third-order valence-corrected chi connectivity index (χ3v) is 5.25. The fourth-order valence-electron chi connectivity index (χ4n) is 3.66. The van der Waals surface area contributed by atoms with Gasteiger partial charge in [0.15, 0.2) is 6.10 Å². The van der Waals surface area contributed by atoms with Gasteiger partial charge in [-0.2, -0.15) is 0 Å². The molecule has 150 valence electrons. The highest BCUT2D eigenvalue weighted by atomic mass is 16.5. The number of hydrogen-bond acceptors (Lipinski definition) is 5. The molecule has 1 aliphatic carbocycles. The number of nitrogens with zero attached hydrogens (tertiary/aromatic N) is 1. The maximum absolute atomic E-state index is 12.4. The summed E-state index contributed by atoms with van der Waals surface area (Å²) in [4.78, 5) is 50.3. The molecule has 8 nitrogen and oxygen atoms in total. The van der Waals surface area contributed by atoms with Crippen molar-refractivity contribution in [3.05, 3.63) is 35.9 Å². The lowest BCUT2D eigenvalue weighted by Gasteiger charge is -2.24. The van der Waals surface area contributed by atoms with Crippen LogP contribution in [-0.4, -0.2) is 47.3 Å². The SMILES string of the molecule is C[C@@H](OC(=O)[C@@H]1CC(=O)N(C2CCCC2)C1)C(=O)NNC(=O)c1ccccc1. The number of amides is 3. The standard InChI is InChI=1S/C20H25N3O5/c1-13(18(25)21-22-19(26)14-7-3-2-4-8-14)28-20(27)15-11-17(24)23(12-15)16-9-5-6-10-16/h2-4,7-8,13,15-16H,5-6,9-12H2,1H3,(H,21,25)(H,22,26)/t13-,15-/m1/s1. The van der Waals surface area contributed by atoms with Gasteiger partial charge < -0.3 is 9.64 Å². The molecule has 0 aromatic heterocycles. The molecule has 1 heterocycles. The quantitative estimate of drug-likeness (QED) is 0.583. The number of hydrazine groups is 1. The Morgan fingerprint density at radius 3 is 2.46 bits per heavy atom. The van der Waals surface area contributed by atoms with Gasteiger partial charge >= 0.3 is 5.97 Å². The highest BCUT2D eigenvalue weighted by molar-refractivity contribution is 5.96. The van der Waals surface area contributed by atoms with Crippen molar-refractivity contribution in [3.63, 3.8) is 0 Å². The summed E-state index contributed by atoms with van der Waals surface area (Å²) in [6, 6.07) is 8.63. The average Bonchev–Trinajstić information content (AvgIpc) is 3.35. The zero-order chi connectivity index (χ0) is 20.1. The van der Waals surface area contributed by atoms with Crippen LogP contribution < -0.4 is 10.9 Å². The van der Waals surface area contributed by atoms with Crippen LogP contribution in [0.25, 0.3) is 0 Å². The molecule has 0 radical (unpaired) electrons. The summed E-state index contributed by atoms with van der Waals surface area (Å²) in [6.45, 7) is 1.77. The van der Waals surface area contributed by atoms with Crippen LogP contribution in [0.3, 0.4) is 0 Å². The maximum atomic E-state index is 12.4. The van der Waals surface area contributed by atoms with Gasteiger partial charge in [0.1, 0.15) is 0 Å². The average molecular weight is 387 g/mol. The minimum atomic E-state index is -1.08. The molecule has 8 heteroatoms. The van der Waals surface area contributed by atoms with Gasteiger partial charge in [-0.1, -0.05) is 31.0 Å². The summed E-state index contributed by atoms with van der Waals surface area (Å²) in [6.07, 6.45) is 3.21. The van der Waals surface area contributed by atoms with Gasteiger partial charge in [-0.15, -0.1) is 0 Å². The van der Waals surface area contributed by atoms with Crippen molar-refractivity contribution in [3.8, 4) is 0 Å². The zero-order valence-electron chi connectivity index (χ0n) is 15.8. The van der Waals surface area contributed by atoms with E-state index in [0.29, 0.717) is 12.1 Å². The van der Waals surface area contributed by atoms with E-state index in [2.05, 4.69) is 10.9 Å². The lowest BCUT2D eigenvalue weighted by molar-refractivity contribution is -0.158. The molecule has 2 N–H and O–H groups in total. The molecule has 1 saturated carbocycles. The van der Waals surface area contributed by atoms with Gasteiger partial charge in [0, 0.05) is 24.6 Å². The van der Waals surface area contributed by atoms with Gasteiger partial charge in [-0.05, 0) is 31.9 Å².